The second-order valence-corrected chi connectivity index (χ2v) is 9.60. The van der Waals surface area contributed by atoms with Gasteiger partial charge in [0.25, 0.3) is 0 Å². The summed E-state index contributed by atoms with van der Waals surface area (Å²) in [4.78, 5) is 10.2. The predicted molar refractivity (Wildman–Crippen MR) is 124 cm³/mol. The lowest BCUT2D eigenvalue weighted by Crippen LogP contribution is -2.52. The molecule has 0 saturated carbocycles. The molecule has 36 heavy (non-hydrogen) atoms. The highest BCUT2D eigenvalue weighted by atomic mass is 35.5. The number of alkyl halides is 4. The van der Waals surface area contributed by atoms with Crippen molar-refractivity contribution in [3.05, 3.63) is 35.7 Å². The second kappa shape index (κ2) is 10.6. The number of fused-ring (bicyclic) bond motifs is 1. The quantitative estimate of drug-likeness (QED) is 0.317. The summed E-state index contributed by atoms with van der Waals surface area (Å²) in [6.07, 6.45) is -3.49. The second-order valence-electron chi connectivity index (χ2n) is 8.97. The normalized spacial score (nSPS) is 24.1. The number of likely N-dealkylation sites (N-methyl/N-ethyl adjacent to an activating group) is 1. The number of piperazine rings is 1. The summed E-state index contributed by atoms with van der Waals surface area (Å²) in [5, 5.41) is 6.14. The summed E-state index contributed by atoms with van der Waals surface area (Å²) in [7, 11) is 2.07. The van der Waals surface area contributed by atoms with Gasteiger partial charge >= 0.3 is 6.18 Å². The van der Waals surface area contributed by atoms with Gasteiger partial charge in [0.1, 0.15) is 40.8 Å². The zero-order valence-electron chi connectivity index (χ0n) is 19.8. The van der Waals surface area contributed by atoms with Crippen LogP contribution in [0.4, 0.5) is 27.9 Å². The van der Waals surface area contributed by atoms with E-state index in [2.05, 4.69) is 37.2 Å². The number of hydrogen-bond donors (Lipinski definition) is 1. The molecule has 1 saturated heterocycles. The molecule has 2 unspecified atom stereocenters. The summed E-state index contributed by atoms with van der Waals surface area (Å²) in [6, 6.07) is -0.140. The lowest BCUT2D eigenvalue weighted by Gasteiger charge is -2.38. The molecule has 3 heterocycles. The number of aromatic nitrogens is 3. The van der Waals surface area contributed by atoms with E-state index in [4.69, 9.17) is 16.3 Å². The largest absolute Gasteiger partial charge is 0.493 e. The van der Waals surface area contributed by atoms with Gasteiger partial charge in [-0.25, -0.2) is 18.5 Å². The van der Waals surface area contributed by atoms with E-state index in [-0.39, 0.29) is 18.3 Å². The minimum absolute atomic E-state index is 0.0465. The van der Waals surface area contributed by atoms with Gasteiger partial charge in [-0.05, 0) is 20.4 Å². The van der Waals surface area contributed by atoms with E-state index in [1.807, 2.05) is 0 Å². The van der Waals surface area contributed by atoms with E-state index in [0.717, 1.165) is 69.0 Å². The fourth-order valence-electron chi connectivity index (χ4n) is 4.19. The van der Waals surface area contributed by atoms with Crippen molar-refractivity contribution in [3.8, 4) is 5.75 Å². The van der Waals surface area contributed by atoms with Crippen LogP contribution < -0.4 is 10.1 Å². The van der Waals surface area contributed by atoms with Gasteiger partial charge in [-0.1, -0.05) is 0 Å². The Hall–Kier alpha value is -2.35. The SMILES string of the molecule is C[C@H](NC1n2ncnc2N=CC1(Cl)c1c(F)cc(OCCCN2CCN(C)CC2)cc1F)C(F)(F)F. The maximum absolute atomic E-state index is 15.2. The molecule has 0 spiro atoms. The monoisotopic (exact) mass is 535 g/mol. The van der Waals surface area contributed by atoms with Gasteiger partial charge in [0.15, 0.2) is 0 Å². The third-order valence-corrected chi connectivity index (χ3v) is 6.84. The van der Waals surface area contributed by atoms with E-state index in [9.17, 15) is 13.2 Å². The van der Waals surface area contributed by atoms with Crippen LogP contribution in [0.2, 0.25) is 0 Å². The number of aliphatic imine (C=N–C) groups is 1. The van der Waals surface area contributed by atoms with Gasteiger partial charge < -0.3 is 14.5 Å². The molecule has 0 radical (unpaired) electrons. The molecule has 198 valence electrons. The van der Waals surface area contributed by atoms with Gasteiger partial charge in [-0.3, -0.25) is 5.32 Å². The van der Waals surface area contributed by atoms with Crippen molar-refractivity contribution < 1.29 is 26.7 Å². The van der Waals surface area contributed by atoms with Crippen LogP contribution in [-0.2, 0) is 4.87 Å². The first kappa shape index (κ1) is 26.7. The summed E-state index contributed by atoms with van der Waals surface area (Å²) in [5.74, 6) is -2.27. The van der Waals surface area contributed by atoms with Crippen LogP contribution in [0.1, 0.15) is 25.1 Å². The number of benzene rings is 1. The molecule has 4 rings (SSSR count). The van der Waals surface area contributed by atoms with Crippen molar-refractivity contribution in [1.82, 2.24) is 29.9 Å². The Morgan fingerprint density at radius 2 is 1.86 bits per heavy atom. The highest BCUT2D eigenvalue weighted by Gasteiger charge is 2.49. The third-order valence-electron chi connectivity index (χ3n) is 6.35. The Morgan fingerprint density at radius 1 is 1.19 bits per heavy atom. The van der Waals surface area contributed by atoms with E-state index in [0.29, 0.717) is 6.42 Å². The van der Waals surface area contributed by atoms with Crippen LogP contribution in [-0.4, -0.2) is 89.4 Å². The molecule has 14 heteroatoms. The third kappa shape index (κ3) is 5.63. The molecule has 8 nitrogen and oxygen atoms in total. The van der Waals surface area contributed by atoms with Crippen LogP contribution in [0, 0.1) is 11.6 Å². The molecule has 2 aromatic rings. The Balaban J connectivity index is 1.51. The number of hydrogen-bond acceptors (Lipinski definition) is 7. The molecule has 1 aromatic carbocycles. The summed E-state index contributed by atoms with van der Waals surface area (Å²) in [6.45, 7) is 5.76. The maximum Gasteiger partial charge on any atom is 0.403 e. The first-order valence-electron chi connectivity index (χ1n) is 11.5. The van der Waals surface area contributed by atoms with Crippen LogP contribution in [0.5, 0.6) is 5.75 Å². The van der Waals surface area contributed by atoms with Crippen molar-refractivity contribution in [2.24, 2.45) is 4.99 Å². The Bertz CT molecular complexity index is 1070. The zero-order valence-corrected chi connectivity index (χ0v) is 20.5. The summed E-state index contributed by atoms with van der Waals surface area (Å²) in [5.41, 5.74) is -0.675. The van der Waals surface area contributed by atoms with E-state index in [1.165, 1.54) is 0 Å². The number of nitrogens with one attached hydrogen (secondary N) is 1. The average Bonchev–Trinajstić information content (AvgIpc) is 3.27. The standard InChI is InChI=1S/C22H27ClF5N7O/c1-14(22(26,27)28)32-19-21(23,12-29-20-30-13-31-35(19)20)18-16(24)10-15(11-17(18)25)36-9-3-4-34-7-5-33(2)6-8-34/h10-14,19,32H,3-9H2,1-2H3/t14-,19?,21?/m0/s1. The van der Waals surface area contributed by atoms with Gasteiger partial charge in [-0.15, -0.1) is 11.6 Å². The lowest BCUT2D eigenvalue weighted by atomic mass is 9.93. The number of rotatable bonds is 8. The molecule has 1 aromatic heterocycles. The lowest BCUT2D eigenvalue weighted by molar-refractivity contribution is -0.155. The van der Waals surface area contributed by atoms with Gasteiger partial charge in [-0.2, -0.15) is 23.3 Å². The van der Waals surface area contributed by atoms with E-state index >= 15 is 8.78 Å². The molecule has 3 atom stereocenters. The summed E-state index contributed by atoms with van der Waals surface area (Å²) >= 11 is 6.63. The fraction of sp³-hybridized carbons (Fsp3) is 0.591. The predicted octanol–water partition coefficient (Wildman–Crippen LogP) is 3.46. The zero-order chi connectivity index (χ0) is 26.1. The van der Waals surface area contributed by atoms with Gasteiger partial charge in [0.2, 0.25) is 5.95 Å². The summed E-state index contributed by atoms with van der Waals surface area (Å²) < 4.78 is 76.9. The van der Waals surface area contributed by atoms with Gasteiger partial charge in [0.05, 0.1) is 12.2 Å². The van der Waals surface area contributed by atoms with Crippen molar-refractivity contribution in [2.45, 2.75) is 36.6 Å². The molecule has 0 aliphatic carbocycles. The molecular weight excluding hydrogens is 509 g/mol. The average molecular weight is 536 g/mol. The molecule has 2 aliphatic heterocycles. The molecule has 0 amide bonds. The maximum atomic E-state index is 15.2. The van der Waals surface area contributed by atoms with Crippen LogP contribution in [0.25, 0.3) is 0 Å². The minimum atomic E-state index is -4.65. The fourth-order valence-corrected chi connectivity index (χ4v) is 4.58. The van der Waals surface area contributed by atoms with Crippen LogP contribution in [0.15, 0.2) is 23.5 Å². The first-order chi connectivity index (χ1) is 17.0. The molecule has 1 N–H and O–H groups in total. The van der Waals surface area contributed by atoms with Crippen molar-refractivity contribution >= 4 is 23.8 Å². The molecular formula is C22H27ClF5N7O. The molecule has 0 bridgehead atoms. The Kier molecular flexibility index (Phi) is 7.83. The number of ether oxygens (including phenoxy) is 1. The van der Waals surface area contributed by atoms with Crippen molar-refractivity contribution in [1.29, 1.82) is 0 Å². The minimum Gasteiger partial charge on any atom is -0.493 e. The highest BCUT2D eigenvalue weighted by molar-refractivity contribution is 6.33. The van der Waals surface area contributed by atoms with Gasteiger partial charge in [0, 0.05) is 51.1 Å². The smallest absolute Gasteiger partial charge is 0.403 e. The highest BCUT2D eigenvalue weighted by Crippen LogP contribution is 2.45. The Labute approximate surface area is 210 Å². The first-order valence-corrected chi connectivity index (χ1v) is 11.9. The van der Waals surface area contributed by atoms with E-state index < -0.39 is 40.5 Å². The topological polar surface area (TPSA) is 70.8 Å². The molecule has 1 fully saturated rings. The molecule has 2 aliphatic rings. The van der Waals surface area contributed by atoms with Crippen LogP contribution in [0.3, 0.4) is 0 Å². The van der Waals surface area contributed by atoms with E-state index in [1.54, 1.807) is 0 Å². The van der Waals surface area contributed by atoms with Crippen molar-refractivity contribution in [2.75, 3.05) is 46.4 Å². The Morgan fingerprint density at radius 3 is 2.50 bits per heavy atom. The number of nitrogens with zero attached hydrogens (tertiary/aromatic N) is 6. The number of halogens is 6. The van der Waals surface area contributed by atoms with Crippen molar-refractivity contribution in [3.63, 3.8) is 0 Å². The van der Waals surface area contributed by atoms with Crippen LogP contribution >= 0.6 is 11.6 Å².